The SMILES string of the molecule is CC(C)(C)c1c(N2c3cc4ccccc4cc3B3c4cc5ccccc5cc4N(c4ccc5ccccc5c4C(C)(C)C)c4cccc2c43)ccc2ccccc12. The molecule has 11 rings (SSSR count). The second kappa shape index (κ2) is 12.1. The van der Waals surface area contributed by atoms with Gasteiger partial charge in [-0.2, -0.15) is 0 Å². The van der Waals surface area contributed by atoms with Gasteiger partial charge in [-0.3, -0.25) is 0 Å². The summed E-state index contributed by atoms with van der Waals surface area (Å²) in [5.41, 5.74) is 14.0. The molecule has 0 bridgehead atoms. The number of hydrogen-bond donors (Lipinski definition) is 0. The molecule has 3 heteroatoms. The molecule has 2 nitrogen and oxygen atoms in total. The molecule has 2 heterocycles. The zero-order chi connectivity index (χ0) is 38.8. The van der Waals surface area contributed by atoms with Crippen LogP contribution in [0, 0.1) is 0 Å². The van der Waals surface area contributed by atoms with Crippen LogP contribution in [0.25, 0.3) is 43.1 Å². The van der Waals surface area contributed by atoms with Gasteiger partial charge in [0.1, 0.15) is 0 Å². The molecule has 9 aromatic carbocycles. The Morgan fingerprint density at radius 2 is 0.702 bits per heavy atom. The van der Waals surface area contributed by atoms with Gasteiger partial charge in [0.2, 0.25) is 0 Å². The number of hydrogen-bond acceptors (Lipinski definition) is 2. The lowest BCUT2D eigenvalue weighted by Gasteiger charge is -2.46. The Morgan fingerprint density at radius 3 is 1.11 bits per heavy atom. The van der Waals surface area contributed by atoms with Crippen LogP contribution in [0.2, 0.25) is 0 Å². The second-order valence-electron chi connectivity index (χ2n) is 18.2. The van der Waals surface area contributed by atoms with Crippen LogP contribution in [-0.4, -0.2) is 6.71 Å². The molecule has 0 unspecified atom stereocenters. The lowest BCUT2D eigenvalue weighted by molar-refractivity contribution is 0.596. The van der Waals surface area contributed by atoms with E-state index in [0.717, 1.165) is 0 Å². The third kappa shape index (κ3) is 5.04. The largest absolute Gasteiger partial charge is 0.311 e. The van der Waals surface area contributed by atoms with Crippen molar-refractivity contribution in [1.82, 2.24) is 0 Å². The zero-order valence-corrected chi connectivity index (χ0v) is 33.6. The highest BCUT2D eigenvalue weighted by molar-refractivity contribution is 7.00. The average molecular weight is 733 g/mol. The molecule has 0 radical (unpaired) electrons. The first-order chi connectivity index (χ1) is 27.6. The van der Waals surface area contributed by atoms with Gasteiger partial charge in [0.05, 0.1) is 11.4 Å². The molecule has 2 aliphatic rings. The maximum atomic E-state index is 2.61. The molecule has 0 aliphatic carbocycles. The fourth-order valence-corrected chi connectivity index (χ4v) is 10.3. The normalized spacial score (nSPS) is 13.7. The fourth-order valence-electron chi connectivity index (χ4n) is 10.3. The quantitative estimate of drug-likeness (QED) is 0.163. The van der Waals surface area contributed by atoms with E-state index in [1.165, 1.54) is 105 Å². The molecule has 2 aliphatic heterocycles. The van der Waals surface area contributed by atoms with Crippen LogP contribution in [0.5, 0.6) is 0 Å². The molecule has 0 N–H and O–H groups in total. The monoisotopic (exact) mass is 732 g/mol. The molecule has 57 heavy (non-hydrogen) atoms. The minimum atomic E-state index is -0.122. The number of benzene rings is 9. The van der Waals surface area contributed by atoms with Gasteiger partial charge >= 0.3 is 0 Å². The topological polar surface area (TPSA) is 6.48 Å². The highest BCUT2D eigenvalue weighted by Crippen LogP contribution is 2.50. The van der Waals surface area contributed by atoms with Crippen molar-refractivity contribution in [3.8, 4) is 0 Å². The van der Waals surface area contributed by atoms with E-state index >= 15 is 0 Å². The Kier molecular flexibility index (Phi) is 7.21. The molecule has 9 aromatic rings. The first-order valence-electron chi connectivity index (χ1n) is 20.4. The van der Waals surface area contributed by atoms with Gasteiger partial charge in [-0.1, -0.05) is 169 Å². The predicted molar refractivity (Wildman–Crippen MR) is 248 cm³/mol. The first-order valence-corrected chi connectivity index (χ1v) is 20.4. The molecular formula is C54H45BN2. The van der Waals surface area contributed by atoms with Gasteiger partial charge in [-0.05, 0) is 118 Å². The summed E-state index contributed by atoms with van der Waals surface area (Å²) in [6.45, 7) is 14.2. The third-order valence-corrected chi connectivity index (χ3v) is 12.5. The van der Waals surface area contributed by atoms with Crippen LogP contribution in [0.3, 0.4) is 0 Å². The van der Waals surface area contributed by atoms with Gasteiger partial charge in [-0.25, -0.2) is 0 Å². The van der Waals surface area contributed by atoms with Crippen molar-refractivity contribution < 1.29 is 0 Å². The molecular weight excluding hydrogens is 687 g/mol. The van der Waals surface area contributed by atoms with Gasteiger partial charge in [0.25, 0.3) is 6.71 Å². The van der Waals surface area contributed by atoms with E-state index in [2.05, 4.69) is 215 Å². The number of fused-ring (bicyclic) bond motifs is 8. The van der Waals surface area contributed by atoms with Crippen molar-refractivity contribution in [2.24, 2.45) is 0 Å². The van der Waals surface area contributed by atoms with Crippen LogP contribution in [0.15, 0.2) is 164 Å². The van der Waals surface area contributed by atoms with E-state index in [4.69, 9.17) is 0 Å². The van der Waals surface area contributed by atoms with Gasteiger partial charge in [-0.15, -0.1) is 0 Å². The Balaban J connectivity index is 1.30. The summed E-state index contributed by atoms with van der Waals surface area (Å²) < 4.78 is 0. The fraction of sp³-hybridized carbons (Fsp3) is 0.148. The summed E-state index contributed by atoms with van der Waals surface area (Å²) in [6, 6.07) is 61.9. The Hall–Kier alpha value is -6.32. The third-order valence-electron chi connectivity index (χ3n) is 12.5. The van der Waals surface area contributed by atoms with E-state index < -0.39 is 0 Å². The van der Waals surface area contributed by atoms with Crippen LogP contribution in [0.1, 0.15) is 52.7 Å². The summed E-state index contributed by atoms with van der Waals surface area (Å²) in [6.07, 6.45) is 0. The number of rotatable bonds is 2. The van der Waals surface area contributed by atoms with Gasteiger partial charge in [0, 0.05) is 22.7 Å². The van der Waals surface area contributed by atoms with Crippen LogP contribution in [0.4, 0.5) is 34.1 Å². The zero-order valence-electron chi connectivity index (χ0n) is 33.6. The molecule has 274 valence electrons. The summed E-state index contributed by atoms with van der Waals surface area (Å²) in [5.74, 6) is 0. The summed E-state index contributed by atoms with van der Waals surface area (Å²) >= 11 is 0. The molecule has 0 aromatic heterocycles. The maximum Gasteiger partial charge on any atom is 0.252 e. The number of nitrogens with zero attached hydrogens (tertiary/aromatic N) is 2. The standard InChI is InChI=1S/C54H45BN2/c1-53(2,3)50-40-22-13-11-16-34(40)26-28-44(50)56-46-24-15-25-47-52(46)55(42-30-36-18-7-9-20-38(36)32-48(42)56)43-31-37-19-8-10-21-39(37)33-49(43)57(47)45-29-27-35-17-12-14-23-41(35)51(45)54(4,5)6/h7-33H,1-6H3. The summed E-state index contributed by atoms with van der Waals surface area (Å²) in [4.78, 5) is 5.22. The number of anilines is 6. The molecule has 0 saturated heterocycles. The van der Waals surface area contributed by atoms with Crippen molar-refractivity contribution in [2.75, 3.05) is 9.80 Å². The Morgan fingerprint density at radius 1 is 0.333 bits per heavy atom. The van der Waals surface area contributed by atoms with Gasteiger partial charge in [0.15, 0.2) is 0 Å². The first kappa shape index (κ1) is 34.0. The van der Waals surface area contributed by atoms with Crippen molar-refractivity contribution in [1.29, 1.82) is 0 Å². The van der Waals surface area contributed by atoms with E-state index in [9.17, 15) is 0 Å². The van der Waals surface area contributed by atoms with E-state index in [-0.39, 0.29) is 17.5 Å². The van der Waals surface area contributed by atoms with Crippen molar-refractivity contribution >= 4 is 100 Å². The van der Waals surface area contributed by atoms with Crippen LogP contribution in [-0.2, 0) is 10.8 Å². The minimum absolute atomic E-state index is 0.0278. The van der Waals surface area contributed by atoms with Crippen LogP contribution >= 0.6 is 0 Å². The van der Waals surface area contributed by atoms with Crippen LogP contribution < -0.4 is 26.2 Å². The summed E-state index contributed by atoms with van der Waals surface area (Å²) in [5, 5.41) is 10.2. The van der Waals surface area contributed by atoms with Crippen molar-refractivity contribution in [3.63, 3.8) is 0 Å². The van der Waals surface area contributed by atoms with E-state index in [1.54, 1.807) is 0 Å². The second-order valence-corrected chi connectivity index (χ2v) is 18.2. The molecule has 0 spiro atoms. The van der Waals surface area contributed by atoms with E-state index in [0.29, 0.717) is 0 Å². The maximum absolute atomic E-state index is 2.61. The lowest BCUT2D eigenvalue weighted by atomic mass is 9.33. The Bertz CT molecular complexity index is 2920. The smallest absolute Gasteiger partial charge is 0.252 e. The lowest BCUT2D eigenvalue weighted by Crippen LogP contribution is -2.61. The van der Waals surface area contributed by atoms with Gasteiger partial charge < -0.3 is 9.80 Å². The molecule has 0 atom stereocenters. The Labute approximate surface area is 336 Å². The van der Waals surface area contributed by atoms with E-state index in [1.807, 2.05) is 0 Å². The summed E-state index contributed by atoms with van der Waals surface area (Å²) in [7, 11) is 0. The molecule has 0 fully saturated rings. The minimum Gasteiger partial charge on any atom is -0.311 e. The highest BCUT2D eigenvalue weighted by atomic mass is 15.2. The average Bonchev–Trinajstić information content (AvgIpc) is 3.20. The molecule has 0 saturated carbocycles. The highest BCUT2D eigenvalue weighted by Gasteiger charge is 2.45. The van der Waals surface area contributed by atoms with Crippen molar-refractivity contribution in [3.05, 3.63) is 175 Å². The predicted octanol–water partition coefficient (Wildman–Crippen LogP) is 13.0. The van der Waals surface area contributed by atoms with Crippen molar-refractivity contribution in [2.45, 2.75) is 52.4 Å². The molecule has 0 amide bonds.